The number of benzene rings is 2. The first-order valence-electron chi connectivity index (χ1n) is 12.6. The summed E-state index contributed by atoms with van der Waals surface area (Å²) in [5.41, 5.74) is 4.91. The second-order valence-corrected chi connectivity index (χ2v) is 9.41. The first kappa shape index (κ1) is 23.4. The van der Waals surface area contributed by atoms with Crippen molar-refractivity contribution >= 4 is 0 Å². The standard InChI is InChI=1S/C31H40/c1-3-5-6-7-9-27-12-16-29(17-13-27)19-21-31-24-22-30(23-25-31)20-18-28-14-10-26(8-4-2)11-15-28/h4,10-11,14-15,22-25,27,29H,2-3,5-9,12-13,16-17,19,21H2,1H3. The van der Waals surface area contributed by atoms with Gasteiger partial charge in [0, 0.05) is 11.1 Å². The van der Waals surface area contributed by atoms with Gasteiger partial charge in [0.05, 0.1) is 0 Å². The Morgan fingerprint density at radius 2 is 1.29 bits per heavy atom. The largest absolute Gasteiger partial charge is 0.103 e. The van der Waals surface area contributed by atoms with E-state index in [9.17, 15) is 0 Å². The van der Waals surface area contributed by atoms with Gasteiger partial charge < -0.3 is 0 Å². The SMILES string of the molecule is C=CCc1ccc(C#Cc2ccc(CCC3CCC(CCCCCC)CC3)cc2)cc1. The van der Waals surface area contributed by atoms with Gasteiger partial charge in [-0.15, -0.1) is 6.58 Å². The third-order valence-electron chi connectivity index (χ3n) is 6.91. The van der Waals surface area contributed by atoms with Gasteiger partial charge in [-0.2, -0.15) is 0 Å². The molecule has 1 fully saturated rings. The van der Waals surface area contributed by atoms with Crippen molar-refractivity contribution in [2.24, 2.45) is 11.8 Å². The fraction of sp³-hybridized carbons (Fsp3) is 0.484. The third kappa shape index (κ3) is 8.41. The molecule has 3 rings (SSSR count). The quantitative estimate of drug-likeness (QED) is 0.208. The molecule has 0 unspecified atom stereocenters. The van der Waals surface area contributed by atoms with E-state index >= 15 is 0 Å². The Hall–Kier alpha value is -2.26. The summed E-state index contributed by atoms with van der Waals surface area (Å²) in [6, 6.07) is 17.4. The van der Waals surface area contributed by atoms with Crippen molar-refractivity contribution in [3.8, 4) is 11.8 Å². The highest BCUT2D eigenvalue weighted by molar-refractivity contribution is 5.44. The maximum atomic E-state index is 3.79. The molecule has 0 atom stereocenters. The molecule has 0 radical (unpaired) electrons. The number of unbranched alkanes of at least 4 members (excludes halogenated alkanes) is 3. The van der Waals surface area contributed by atoms with Crippen molar-refractivity contribution in [2.45, 2.75) is 84.0 Å². The van der Waals surface area contributed by atoms with E-state index in [4.69, 9.17) is 0 Å². The van der Waals surface area contributed by atoms with Crippen molar-refractivity contribution in [1.82, 2.24) is 0 Å². The lowest BCUT2D eigenvalue weighted by molar-refractivity contribution is 0.249. The Morgan fingerprint density at radius 3 is 1.84 bits per heavy atom. The van der Waals surface area contributed by atoms with Gasteiger partial charge in [0.2, 0.25) is 0 Å². The van der Waals surface area contributed by atoms with Gasteiger partial charge in [-0.05, 0) is 66.5 Å². The Morgan fingerprint density at radius 1 is 0.742 bits per heavy atom. The lowest BCUT2D eigenvalue weighted by Crippen LogP contribution is -2.15. The number of allylic oxidation sites excluding steroid dienone is 1. The van der Waals surface area contributed by atoms with Gasteiger partial charge in [0.15, 0.2) is 0 Å². The zero-order valence-corrected chi connectivity index (χ0v) is 19.5. The molecule has 31 heavy (non-hydrogen) atoms. The van der Waals surface area contributed by atoms with E-state index in [0.717, 1.165) is 29.4 Å². The molecule has 0 saturated heterocycles. The van der Waals surface area contributed by atoms with Crippen LogP contribution in [0.3, 0.4) is 0 Å². The van der Waals surface area contributed by atoms with Gasteiger partial charge in [-0.25, -0.2) is 0 Å². The number of rotatable bonds is 10. The van der Waals surface area contributed by atoms with Crippen molar-refractivity contribution in [1.29, 1.82) is 0 Å². The van der Waals surface area contributed by atoms with Gasteiger partial charge in [-0.1, -0.05) is 107 Å². The molecule has 0 amide bonds. The molecule has 1 aliphatic rings. The zero-order valence-electron chi connectivity index (χ0n) is 19.5. The summed E-state index contributed by atoms with van der Waals surface area (Å²) in [7, 11) is 0. The Bertz CT molecular complexity index is 820. The Labute approximate surface area is 191 Å². The monoisotopic (exact) mass is 412 g/mol. The molecule has 1 saturated carbocycles. The molecule has 0 spiro atoms. The Balaban J connectivity index is 1.39. The maximum Gasteiger partial charge on any atom is 0.0249 e. The third-order valence-corrected chi connectivity index (χ3v) is 6.91. The maximum absolute atomic E-state index is 3.79. The van der Waals surface area contributed by atoms with Gasteiger partial charge >= 0.3 is 0 Å². The van der Waals surface area contributed by atoms with Gasteiger partial charge in [0.1, 0.15) is 0 Å². The topological polar surface area (TPSA) is 0 Å². The van der Waals surface area contributed by atoms with Crippen molar-refractivity contribution < 1.29 is 0 Å². The molecular formula is C31H40. The minimum Gasteiger partial charge on any atom is -0.103 e. The molecule has 0 N–H and O–H groups in total. The summed E-state index contributed by atoms with van der Waals surface area (Å²) in [6.45, 7) is 6.09. The fourth-order valence-electron chi connectivity index (χ4n) is 4.83. The molecule has 0 nitrogen and oxygen atoms in total. The molecule has 2 aromatic rings. The summed E-state index contributed by atoms with van der Waals surface area (Å²) in [5, 5.41) is 0. The Kier molecular flexibility index (Phi) is 9.98. The van der Waals surface area contributed by atoms with E-state index in [2.05, 4.69) is 73.9 Å². The van der Waals surface area contributed by atoms with E-state index in [1.165, 1.54) is 81.8 Å². The van der Waals surface area contributed by atoms with Crippen LogP contribution in [0.1, 0.15) is 93.4 Å². The highest BCUT2D eigenvalue weighted by Crippen LogP contribution is 2.34. The molecule has 0 heterocycles. The van der Waals surface area contributed by atoms with Crippen LogP contribution in [-0.4, -0.2) is 0 Å². The molecular weight excluding hydrogens is 372 g/mol. The molecule has 2 aromatic carbocycles. The second kappa shape index (κ2) is 13.2. The lowest BCUT2D eigenvalue weighted by atomic mass is 9.77. The number of hydrogen-bond donors (Lipinski definition) is 0. The average Bonchev–Trinajstić information content (AvgIpc) is 2.82. The first-order valence-corrected chi connectivity index (χ1v) is 12.6. The van der Waals surface area contributed by atoms with Gasteiger partial charge in [-0.3, -0.25) is 0 Å². The molecule has 0 aliphatic heterocycles. The highest BCUT2D eigenvalue weighted by Gasteiger charge is 2.20. The normalized spacial score (nSPS) is 18.2. The summed E-state index contributed by atoms with van der Waals surface area (Å²) in [4.78, 5) is 0. The fourth-order valence-corrected chi connectivity index (χ4v) is 4.83. The van der Waals surface area contributed by atoms with Gasteiger partial charge in [0.25, 0.3) is 0 Å². The molecule has 0 bridgehead atoms. The van der Waals surface area contributed by atoms with Crippen LogP contribution in [0.15, 0.2) is 61.2 Å². The summed E-state index contributed by atoms with van der Waals surface area (Å²) in [5.74, 6) is 8.55. The van der Waals surface area contributed by atoms with E-state index < -0.39 is 0 Å². The first-order chi connectivity index (χ1) is 15.3. The molecule has 0 heteroatoms. The van der Waals surface area contributed by atoms with E-state index in [0.29, 0.717) is 0 Å². The smallest absolute Gasteiger partial charge is 0.0249 e. The molecule has 0 aromatic heterocycles. The van der Waals surface area contributed by atoms with Crippen LogP contribution in [0.25, 0.3) is 0 Å². The lowest BCUT2D eigenvalue weighted by Gasteiger charge is -2.28. The highest BCUT2D eigenvalue weighted by atomic mass is 14.3. The van der Waals surface area contributed by atoms with Crippen LogP contribution in [0, 0.1) is 23.7 Å². The van der Waals surface area contributed by atoms with E-state index in [1.807, 2.05) is 6.08 Å². The average molecular weight is 413 g/mol. The predicted molar refractivity (Wildman–Crippen MR) is 135 cm³/mol. The van der Waals surface area contributed by atoms with E-state index in [1.54, 1.807) is 0 Å². The predicted octanol–water partition coefficient (Wildman–Crippen LogP) is 8.52. The van der Waals surface area contributed by atoms with Crippen LogP contribution in [0.2, 0.25) is 0 Å². The minimum absolute atomic E-state index is 0.912. The van der Waals surface area contributed by atoms with Crippen molar-refractivity contribution in [2.75, 3.05) is 0 Å². The van der Waals surface area contributed by atoms with Crippen molar-refractivity contribution in [3.63, 3.8) is 0 Å². The molecule has 1 aliphatic carbocycles. The van der Waals surface area contributed by atoms with Crippen LogP contribution >= 0.6 is 0 Å². The van der Waals surface area contributed by atoms with Crippen LogP contribution < -0.4 is 0 Å². The van der Waals surface area contributed by atoms with Crippen LogP contribution in [0.4, 0.5) is 0 Å². The number of aryl methyl sites for hydroxylation is 1. The minimum atomic E-state index is 0.912. The van der Waals surface area contributed by atoms with Crippen LogP contribution in [0.5, 0.6) is 0 Å². The van der Waals surface area contributed by atoms with Crippen LogP contribution in [-0.2, 0) is 12.8 Å². The number of hydrogen-bond acceptors (Lipinski definition) is 0. The van der Waals surface area contributed by atoms with Crippen molar-refractivity contribution in [3.05, 3.63) is 83.4 Å². The second-order valence-electron chi connectivity index (χ2n) is 9.41. The summed E-state index contributed by atoms with van der Waals surface area (Å²) >= 11 is 0. The molecule has 164 valence electrons. The van der Waals surface area contributed by atoms with E-state index in [-0.39, 0.29) is 0 Å². The summed E-state index contributed by atoms with van der Waals surface area (Å²) < 4.78 is 0. The summed E-state index contributed by atoms with van der Waals surface area (Å²) in [6.07, 6.45) is 18.4. The zero-order chi connectivity index (χ0) is 21.7.